The van der Waals surface area contributed by atoms with Gasteiger partial charge in [0.15, 0.2) is 7.14 Å². The monoisotopic (exact) mass is 946 g/mol. The molecule has 2 aromatic heterocycles. The summed E-state index contributed by atoms with van der Waals surface area (Å²) in [5, 5.41) is 15.1. The van der Waals surface area contributed by atoms with Gasteiger partial charge in [0.25, 0.3) is 11.3 Å². The molecule has 0 bridgehead atoms. The number of carbonyl (C=O) groups is 1. The van der Waals surface area contributed by atoms with Gasteiger partial charge >= 0.3 is 6.18 Å². The van der Waals surface area contributed by atoms with E-state index >= 15 is 0 Å². The van der Waals surface area contributed by atoms with Crippen LogP contribution in [0.1, 0.15) is 10.4 Å². The zero-order chi connectivity index (χ0) is 39.7. The van der Waals surface area contributed by atoms with Crippen molar-refractivity contribution < 1.29 is 77.0 Å². The number of thiophene rings is 1. The molecular weight excluding hydrogens is 915 g/mol. The van der Waals surface area contributed by atoms with Crippen LogP contribution < -0.4 is 21.5 Å². The molecule has 0 saturated heterocycles. The number of benzene rings is 7. The summed E-state index contributed by atoms with van der Waals surface area (Å²) < 4.78 is 56.8. The number of pyridine rings is 1. The third kappa shape index (κ3) is 7.68. The zero-order valence-corrected chi connectivity index (χ0v) is 34.4. The molecular formula is C47H31EuF3NO4PS. The number of nitrogens with zero attached hydrogens (tertiary/aromatic N) is 1. The van der Waals surface area contributed by atoms with Crippen LogP contribution in [0.15, 0.2) is 187 Å². The third-order valence-electron chi connectivity index (χ3n) is 9.73. The first-order valence-corrected chi connectivity index (χ1v) is 20.4. The number of carbonyl (C=O) groups excluding carboxylic acids is 1. The van der Waals surface area contributed by atoms with Gasteiger partial charge in [-0.25, -0.2) is 0 Å². The smallest absolute Gasteiger partial charge is 0.455 e. The Hall–Kier alpha value is -4.96. The van der Waals surface area contributed by atoms with Crippen LogP contribution >= 0.6 is 18.5 Å². The van der Waals surface area contributed by atoms with E-state index in [9.17, 15) is 32.4 Å². The summed E-state index contributed by atoms with van der Waals surface area (Å²) in [5.74, 6) is -3.36. The summed E-state index contributed by atoms with van der Waals surface area (Å²) in [4.78, 5) is 25.9. The van der Waals surface area contributed by atoms with E-state index in [0.29, 0.717) is 4.70 Å². The summed E-state index contributed by atoms with van der Waals surface area (Å²) >= 11 is 1.36. The Kier molecular flexibility index (Phi) is 12.2. The van der Waals surface area contributed by atoms with Crippen LogP contribution in [0.3, 0.4) is 0 Å². The van der Waals surface area contributed by atoms with E-state index in [1.54, 1.807) is 30.3 Å². The molecule has 9 aromatic rings. The number of fused-ring (bicyclic) bond motifs is 5. The minimum absolute atomic E-state index is 0. The summed E-state index contributed by atoms with van der Waals surface area (Å²) in [6.45, 7) is 0. The quantitative estimate of drug-likeness (QED) is 0.133. The van der Waals surface area contributed by atoms with E-state index in [1.807, 2.05) is 146 Å². The molecule has 0 fully saturated rings. The Labute approximate surface area is 376 Å². The molecule has 7 aromatic carbocycles. The minimum atomic E-state index is -5.33. The molecule has 9 rings (SSSR count). The van der Waals surface area contributed by atoms with Gasteiger partial charge in [-0.15, -0.1) is 11.3 Å². The summed E-state index contributed by atoms with van der Waals surface area (Å²) in [7, 11) is -2.78. The van der Waals surface area contributed by atoms with Gasteiger partial charge in [-0.05, 0) is 35.4 Å². The Balaban J connectivity index is 0.000000206. The summed E-state index contributed by atoms with van der Waals surface area (Å²) in [6, 6.07) is 56.1. The van der Waals surface area contributed by atoms with Crippen molar-refractivity contribution in [1.82, 2.24) is 4.57 Å². The standard InChI is InChI=1S/C29H16F3NO3S.C18H15OP.Eu/c30-29(31,32)27(35)23-25(34)21-15-14-20-19-8-4-5-9-22(19)37-26(20)24(21)33(28(23)36)18-12-10-17(11-13-18)16-6-2-1-3-7-16;19-20(16-10-4-1-5-11-16,17-12-6-2-7-13-17)18-14-8-3-9-15-18;/h1-15,34H;1-15H;. The van der Waals surface area contributed by atoms with Crippen molar-refractivity contribution in [3.8, 4) is 22.6 Å². The van der Waals surface area contributed by atoms with Gasteiger partial charge in [-0.3, -0.25) is 14.2 Å². The van der Waals surface area contributed by atoms with Crippen molar-refractivity contribution in [2.45, 2.75) is 6.18 Å². The van der Waals surface area contributed by atoms with Crippen LogP contribution in [0, 0.1) is 49.4 Å². The average Bonchev–Trinajstić information content (AvgIpc) is 3.64. The molecule has 0 spiro atoms. The number of aromatic nitrogens is 1. The number of aromatic hydroxyl groups is 1. The molecule has 0 aliphatic heterocycles. The minimum Gasteiger partial charge on any atom is -0.506 e. The molecule has 0 atom stereocenters. The van der Waals surface area contributed by atoms with Gasteiger partial charge in [0.05, 0.1) is 10.2 Å². The molecule has 0 aliphatic carbocycles. The van der Waals surface area contributed by atoms with Crippen LogP contribution in [-0.4, -0.2) is 21.6 Å². The maximum Gasteiger partial charge on any atom is 0.455 e. The van der Waals surface area contributed by atoms with Gasteiger partial charge in [-0.1, -0.05) is 158 Å². The third-order valence-corrected chi connectivity index (χ3v) is 14.0. The molecule has 0 unspecified atom stereocenters. The number of rotatable bonds is 6. The SMILES string of the molecule is O=C(c1c(O)c2ccc3c4ccccc4sc3c2n(-c2ccc(-c3ccccc3)cc2)c1=O)C(F)(F)F.O=P(c1ccccc1)(c1ccccc1)c1ccccc1.[Eu]. The maximum atomic E-state index is 13.8. The predicted octanol–water partition coefficient (Wildman–Crippen LogP) is 10.8. The van der Waals surface area contributed by atoms with Crippen molar-refractivity contribution in [3.63, 3.8) is 0 Å². The fourth-order valence-corrected chi connectivity index (χ4v) is 10.9. The van der Waals surface area contributed by atoms with Gasteiger partial charge in [0, 0.05) is 91.8 Å². The number of halogens is 3. The Morgan fingerprint density at radius 2 is 1.02 bits per heavy atom. The van der Waals surface area contributed by atoms with Crippen LogP contribution in [0.4, 0.5) is 13.2 Å². The molecule has 1 N–H and O–H groups in total. The molecule has 5 nitrogen and oxygen atoms in total. The van der Waals surface area contributed by atoms with Crippen LogP contribution in [0.2, 0.25) is 0 Å². The van der Waals surface area contributed by atoms with Crippen molar-refractivity contribution >= 4 is 71.3 Å². The van der Waals surface area contributed by atoms with E-state index in [-0.39, 0.29) is 66.0 Å². The van der Waals surface area contributed by atoms with E-state index in [4.69, 9.17) is 0 Å². The van der Waals surface area contributed by atoms with Gasteiger partial charge in [0.1, 0.15) is 11.3 Å². The van der Waals surface area contributed by atoms with Crippen LogP contribution in [0.25, 0.3) is 47.9 Å². The molecule has 2 heterocycles. The molecule has 287 valence electrons. The van der Waals surface area contributed by atoms with Gasteiger partial charge < -0.3 is 9.67 Å². The van der Waals surface area contributed by atoms with Gasteiger partial charge in [-0.2, -0.15) is 13.2 Å². The average molecular weight is 946 g/mol. The molecule has 0 aliphatic rings. The second-order valence-electron chi connectivity index (χ2n) is 13.2. The fourth-order valence-electron chi connectivity index (χ4n) is 7.02. The molecule has 11 heteroatoms. The second-order valence-corrected chi connectivity index (χ2v) is 17.0. The molecule has 1 radical (unpaired) electrons. The normalized spacial score (nSPS) is 11.5. The Bertz CT molecular complexity index is 2910. The number of Topliss-reactive ketones (excluding diaryl/α,β-unsaturated/α-hetero) is 1. The Morgan fingerprint density at radius 3 is 1.53 bits per heavy atom. The number of ketones is 1. The second kappa shape index (κ2) is 17.1. The van der Waals surface area contributed by atoms with E-state index in [2.05, 4.69) is 0 Å². The first-order valence-electron chi connectivity index (χ1n) is 17.8. The number of alkyl halides is 3. The van der Waals surface area contributed by atoms with Crippen molar-refractivity contribution in [2.24, 2.45) is 0 Å². The zero-order valence-electron chi connectivity index (χ0n) is 30.3. The Morgan fingerprint density at radius 1 is 0.569 bits per heavy atom. The maximum absolute atomic E-state index is 13.8. The number of hydrogen-bond acceptors (Lipinski definition) is 5. The first-order chi connectivity index (χ1) is 27.6. The first kappa shape index (κ1) is 41.2. The van der Waals surface area contributed by atoms with Crippen LogP contribution in [0.5, 0.6) is 5.75 Å². The van der Waals surface area contributed by atoms with Crippen molar-refractivity contribution in [1.29, 1.82) is 0 Å². The van der Waals surface area contributed by atoms with Crippen LogP contribution in [-0.2, 0) is 4.57 Å². The summed E-state index contributed by atoms with van der Waals surface area (Å²) in [6.07, 6.45) is -5.33. The largest absolute Gasteiger partial charge is 0.506 e. The van der Waals surface area contributed by atoms with Crippen molar-refractivity contribution in [2.75, 3.05) is 0 Å². The van der Waals surface area contributed by atoms with E-state index < -0.39 is 36.0 Å². The van der Waals surface area contributed by atoms with Crippen molar-refractivity contribution in [3.05, 3.63) is 198 Å². The number of hydrogen-bond donors (Lipinski definition) is 1. The predicted molar refractivity (Wildman–Crippen MR) is 226 cm³/mol. The molecule has 0 amide bonds. The summed E-state index contributed by atoms with van der Waals surface area (Å²) in [5.41, 5.74) is -0.239. The molecule has 58 heavy (non-hydrogen) atoms. The van der Waals surface area contributed by atoms with Gasteiger partial charge in [0.2, 0.25) is 0 Å². The molecule has 0 saturated carbocycles. The van der Waals surface area contributed by atoms with E-state index in [1.165, 1.54) is 17.4 Å². The fraction of sp³-hybridized carbons (Fsp3) is 0.0213. The topological polar surface area (TPSA) is 76.4 Å². The van der Waals surface area contributed by atoms with E-state index in [0.717, 1.165) is 47.1 Å².